The van der Waals surface area contributed by atoms with Gasteiger partial charge in [0.15, 0.2) is 0 Å². The van der Waals surface area contributed by atoms with Crippen molar-refractivity contribution in [2.75, 3.05) is 24.7 Å². The molecule has 0 unspecified atom stereocenters. The van der Waals surface area contributed by atoms with Crippen LogP contribution in [0.5, 0.6) is 0 Å². The summed E-state index contributed by atoms with van der Waals surface area (Å²) >= 11 is 7.27. The summed E-state index contributed by atoms with van der Waals surface area (Å²) < 4.78 is 1.60. The minimum Gasteiger partial charge on any atom is -0.336 e. The molecule has 2 amide bonds. The van der Waals surface area contributed by atoms with Crippen molar-refractivity contribution in [3.05, 3.63) is 59.1 Å². The van der Waals surface area contributed by atoms with Gasteiger partial charge < -0.3 is 10.2 Å². The van der Waals surface area contributed by atoms with Crippen LogP contribution in [0.3, 0.4) is 0 Å². The lowest BCUT2D eigenvalue weighted by atomic mass is 10.1. The highest BCUT2D eigenvalue weighted by Gasteiger charge is 2.17. The monoisotopic (exact) mass is 472 g/mol. The van der Waals surface area contributed by atoms with Crippen LogP contribution in [0, 0.1) is 0 Å². The normalized spacial score (nSPS) is 10.7. The van der Waals surface area contributed by atoms with Gasteiger partial charge in [0.05, 0.1) is 28.7 Å². The number of tetrazole rings is 1. The van der Waals surface area contributed by atoms with E-state index in [0.717, 1.165) is 24.9 Å². The van der Waals surface area contributed by atoms with Crippen LogP contribution >= 0.6 is 23.4 Å². The molecule has 0 spiro atoms. The van der Waals surface area contributed by atoms with Gasteiger partial charge in [-0.3, -0.25) is 9.59 Å². The van der Waals surface area contributed by atoms with E-state index in [1.165, 1.54) is 22.2 Å². The molecule has 32 heavy (non-hydrogen) atoms. The lowest BCUT2D eigenvalue weighted by Crippen LogP contribution is -2.36. The van der Waals surface area contributed by atoms with Crippen LogP contribution < -0.4 is 5.32 Å². The van der Waals surface area contributed by atoms with E-state index in [2.05, 4.69) is 39.9 Å². The van der Waals surface area contributed by atoms with Gasteiger partial charge in [-0.2, -0.15) is 4.68 Å². The minimum absolute atomic E-state index is 0.0885. The van der Waals surface area contributed by atoms with E-state index in [4.69, 9.17) is 11.6 Å². The van der Waals surface area contributed by atoms with Gasteiger partial charge in [0, 0.05) is 7.05 Å². The number of unbranched alkanes of at least 4 members (excludes halogenated alkanes) is 1. The smallest absolute Gasteiger partial charge is 0.244 e. The Morgan fingerprint density at radius 2 is 1.91 bits per heavy atom. The first-order chi connectivity index (χ1) is 15.5. The number of anilines is 1. The average Bonchev–Trinajstić information content (AvgIpc) is 3.26. The third-order valence-electron chi connectivity index (χ3n) is 4.72. The molecule has 0 bridgehead atoms. The van der Waals surface area contributed by atoms with Crippen LogP contribution in [0.25, 0.3) is 5.69 Å². The number of para-hydroxylation sites is 1. The number of nitrogens with one attached hydrogen (secondary N) is 1. The Labute approximate surface area is 196 Å². The van der Waals surface area contributed by atoms with E-state index in [1.54, 1.807) is 36.0 Å². The zero-order valence-electron chi connectivity index (χ0n) is 18.0. The molecule has 0 aliphatic carbocycles. The Hall–Kier alpha value is -2.91. The molecule has 1 N–H and O–H groups in total. The highest BCUT2D eigenvalue weighted by molar-refractivity contribution is 7.99. The molecule has 0 radical (unpaired) electrons. The molecular weight excluding hydrogens is 448 g/mol. The number of aryl methyl sites for hydroxylation is 1. The van der Waals surface area contributed by atoms with Gasteiger partial charge in [0.25, 0.3) is 0 Å². The van der Waals surface area contributed by atoms with Crippen molar-refractivity contribution in [2.24, 2.45) is 0 Å². The number of carbonyl (C=O) groups excluding carboxylic acids is 2. The van der Waals surface area contributed by atoms with E-state index in [0.29, 0.717) is 15.9 Å². The molecule has 2 aromatic carbocycles. The molecule has 1 heterocycles. The van der Waals surface area contributed by atoms with Crippen molar-refractivity contribution < 1.29 is 9.59 Å². The summed E-state index contributed by atoms with van der Waals surface area (Å²) in [6.45, 7) is 2.08. The van der Waals surface area contributed by atoms with Gasteiger partial charge in [-0.25, -0.2) is 0 Å². The molecule has 0 aliphatic rings. The maximum atomic E-state index is 12.5. The fraction of sp³-hybridized carbons (Fsp3) is 0.318. The van der Waals surface area contributed by atoms with Gasteiger partial charge in [-0.05, 0) is 53.1 Å². The summed E-state index contributed by atoms with van der Waals surface area (Å²) in [5.41, 5.74) is 2.61. The number of benzene rings is 2. The predicted molar refractivity (Wildman–Crippen MR) is 126 cm³/mol. The number of rotatable bonds is 10. The molecular formula is C22H25ClN6O2S. The van der Waals surface area contributed by atoms with Crippen molar-refractivity contribution in [3.63, 3.8) is 0 Å². The number of hydrogen-bond donors (Lipinski definition) is 1. The third-order valence-corrected chi connectivity index (χ3v) is 5.95. The van der Waals surface area contributed by atoms with Crippen molar-refractivity contribution in [1.29, 1.82) is 0 Å². The lowest BCUT2D eigenvalue weighted by Gasteiger charge is -2.16. The number of halogens is 1. The molecule has 3 rings (SSSR count). The molecule has 0 saturated carbocycles. The number of amides is 2. The fourth-order valence-electron chi connectivity index (χ4n) is 2.91. The maximum Gasteiger partial charge on any atom is 0.244 e. The predicted octanol–water partition coefficient (Wildman–Crippen LogP) is 3.85. The third kappa shape index (κ3) is 6.54. The standard InChI is InChI=1S/C22H25ClN6O2S/c1-3-4-7-16-10-12-17(13-11-16)29-22(25-26-27-29)32-15-21(31)28(2)14-20(30)24-19-9-6-5-8-18(19)23/h5-6,8-13H,3-4,7,14-15H2,1-2H3,(H,24,30). The van der Waals surface area contributed by atoms with E-state index in [-0.39, 0.29) is 24.1 Å². The second-order valence-electron chi connectivity index (χ2n) is 7.21. The van der Waals surface area contributed by atoms with Gasteiger partial charge in [0.2, 0.25) is 17.0 Å². The highest BCUT2D eigenvalue weighted by Crippen LogP contribution is 2.21. The number of thioether (sulfide) groups is 1. The number of likely N-dealkylation sites (N-methyl/N-ethyl adjacent to an activating group) is 1. The molecule has 0 fully saturated rings. The second-order valence-corrected chi connectivity index (χ2v) is 8.56. The van der Waals surface area contributed by atoms with Crippen LogP contribution in [0.2, 0.25) is 5.02 Å². The Balaban J connectivity index is 1.53. The summed E-state index contributed by atoms with van der Waals surface area (Å²) in [5.74, 6) is -0.439. The Morgan fingerprint density at radius 3 is 2.62 bits per heavy atom. The largest absolute Gasteiger partial charge is 0.336 e. The topological polar surface area (TPSA) is 93.0 Å². The van der Waals surface area contributed by atoms with Crippen LogP contribution in [0.15, 0.2) is 53.7 Å². The number of carbonyl (C=O) groups is 2. The van der Waals surface area contributed by atoms with Gasteiger partial charge in [-0.15, -0.1) is 5.10 Å². The van der Waals surface area contributed by atoms with Crippen molar-refractivity contribution in [3.8, 4) is 5.69 Å². The van der Waals surface area contributed by atoms with Gasteiger partial charge in [0.1, 0.15) is 0 Å². The SMILES string of the molecule is CCCCc1ccc(-n2nnnc2SCC(=O)N(C)CC(=O)Nc2ccccc2Cl)cc1. The summed E-state index contributed by atoms with van der Waals surface area (Å²) in [5, 5.41) is 15.5. The van der Waals surface area contributed by atoms with Crippen LogP contribution in [-0.4, -0.2) is 56.3 Å². The van der Waals surface area contributed by atoms with E-state index < -0.39 is 0 Å². The summed E-state index contributed by atoms with van der Waals surface area (Å²) in [4.78, 5) is 26.1. The Morgan fingerprint density at radius 1 is 1.16 bits per heavy atom. The molecule has 0 aliphatic heterocycles. The minimum atomic E-state index is -0.327. The number of aromatic nitrogens is 4. The number of hydrogen-bond acceptors (Lipinski definition) is 6. The lowest BCUT2D eigenvalue weighted by molar-refractivity contribution is -0.131. The summed E-state index contributed by atoms with van der Waals surface area (Å²) in [7, 11) is 1.58. The zero-order valence-corrected chi connectivity index (χ0v) is 19.6. The Bertz CT molecular complexity index is 1060. The number of nitrogens with zero attached hydrogens (tertiary/aromatic N) is 5. The highest BCUT2D eigenvalue weighted by atomic mass is 35.5. The molecule has 0 atom stereocenters. The molecule has 8 nitrogen and oxygen atoms in total. The Kier molecular flexibility index (Phi) is 8.64. The van der Waals surface area contributed by atoms with Crippen LogP contribution in [-0.2, 0) is 16.0 Å². The average molecular weight is 473 g/mol. The first kappa shape index (κ1) is 23.7. The first-order valence-corrected chi connectivity index (χ1v) is 11.6. The van der Waals surface area contributed by atoms with Crippen molar-refractivity contribution >= 4 is 40.9 Å². The summed E-state index contributed by atoms with van der Waals surface area (Å²) in [6.07, 6.45) is 3.34. The summed E-state index contributed by atoms with van der Waals surface area (Å²) in [6, 6.07) is 15.0. The van der Waals surface area contributed by atoms with Gasteiger partial charge in [-0.1, -0.05) is 61.0 Å². The van der Waals surface area contributed by atoms with Crippen molar-refractivity contribution in [1.82, 2.24) is 25.1 Å². The first-order valence-electron chi connectivity index (χ1n) is 10.3. The van der Waals surface area contributed by atoms with E-state index in [1.807, 2.05) is 12.1 Å². The fourth-order valence-corrected chi connectivity index (χ4v) is 3.92. The van der Waals surface area contributed by atoms with E-state index in [9.17, 15) is 9.59 Å². The van der Waals surface area contributed by atoms with E-state index >= 15 is 0 Å². The zero-order chi connectivity index (χ0) is 22.9. The molecule has 3 aromatic rings. The second kappa shape index (κ2) is 11.6. The molecule has 1 aromatic heterocycles. The van der Waals surface area contributed by atoms with Crippen molar-refractivity contribution in [2.45, 2.75) is 31.3 Å². The van der Waals surface area contributed by atoms with Crippen LogP contribution in [0.4, 0.5) is 5.69 Å². The maximum absolute atomic E-state index is 12.5. The molecule has 0 saturated heterocycles. The molecule has 10 heteroatoms. The van der Waals surface area contributed by atoms with Crippen LogP contribution in [0.1, 0.15) is 25.3 Å². The molecule has 168 valence electrons. The quantitative estimate of drug-likeness (QED) is 0.450. The van der Waals surface area contributed by atoms with Gasteiger partial charge >= 0.3 is 0 Å².